The first-order valence-electron chi connectivity index (χ1n) is 10.2. The van der Waals surface area contributed by atoms with Crippen molar-refractivity contribution >= 4 is 45.7 Å². The zero-order chi connectivity index (χ0) is 19.2. The monoisotopic (exact) mass is 461 g/mol. The van der Waals surface area contributed by atoms with Gasteiger partial charge in [0.2, 0.25) is 0 Å². The second-order valence-corrected chi connectivity index (χ2v) is 11.4. The molecule has 0 spiro atoms. The van der Waals surface area contributed by atoms with Crippen LogP contribution in [0.5, 0.6) is 0 Å². The number of hydrogen-bond donors (Lipinski definition) is 1. The summed E-state index contributed by atoms with van der Waals surface area (Å²) >= 11 is 0. The Morgan fingerprint density at radius 3 is 2.31 bits per heavy atom. The van der Waals surface area contributed by atoms with Gasteiger partial charge in [0.15, 0.2) is 9.84 Å². The Balaban J connectivity index is 0.00000150. The third kappa shape index (κ3) is 5.46. The lowest BCUT2D eigenvalue weighted by molar-refractivity contribution is 0.401. The molecule has 0 bridgehead atoms. The van der Waals surface area contributed by atoms with Gasteiger partial charge >= 0.3 is 0 Å². The van der Waals surface area contributed by atoms with Crippen LogP contribution < -0.4 is 5.32 Å². The van der Waals surface area contributed by atoms with Gasteiger partial charge < -0.3 is 9.88 Å². The van der Waals surface area contributed by atoms with Gasteiger partial charge in [-0.2, -0.15) is 0 Å². The lowest BCUT2D eigenvalue weighted by Gasteiger charge is -2.22. The highest BCUT2D eigenvalue weighted by Gasteiger charge is 2.29. The van der Waals surface area contributed by atoms with Crippen LogP contribution >= 0.6 is 24.8 Å². The number of sulfone groups is 1. The van der Waals surface area contributed by atoms with Crippen molar-refractivity contribution in [3.8, 4) is 0 Å². The molecule has 2 aliphatic rings. The number of nitrogens with zero attached hydrogens (tertiary/aromatic N) is 2. The predicted octanol–water partition coefficient (Wildman–Crippen LogP) is 4.36. The highest BCUT2D eigenvalue weighted by molar-refractivity contribution is 7.91. The van der Waals surface area contributed by atoms with Gasteiger partial charge in [0.25, 0.3) is 0 Å². The van der Waals surface area contributed by atoms with E-state index in [1.165, 1.54) is 12.8 Å². The Bertz CT molecular complexity index is 941. The fourth-order valence-electron chi connectivity index (χ4n) is 4.07. The first-order chi connectivity index (χ1) is 12.7. The Morgan fingerprint density at radius 2 is 1.72 bits per heavy atom. The SMILES string of the molecule is CC(C)(C)c1nc2cc(S(=O)(=O)CC3CCNCC3)ccc2n1CC1CC1.Cl.Cl. The molecule has 2 heterocycles. The van der Waals surface area contributed by atoms with Crippen molar-refractivity contribution in [1.29, 1.82) is 0 Å². The van der Waals surface area contributed by atoms with E-state index in [2.05, 4.69) is 30.7 Å². The molecule has 5 nitrogen and oxygen atoms in total. The van der Waals surface area contributed by atoms with Gasteiger partial charge in [-0.05, 0) is 68.8 Å². The van der Waals surface area contributed by atoms with Gasteiger partial charge in [0, 0.05) is 12.0 Å². The van der Waals surface area contributed by atoms with Crippen LogP contribution in [0.2, 0.25) is 0 Å². The molecule has 0 atom stereocenters. The van der Waals surface area contributed by atoms with Crippen molar-refractivity contribution in [3.05, 3.63) is 24.0 Å². The van der Waals surface area contributed by atoms with E-state index in [-0.39, 0.29) is 41.9 Å². The van der Waals surface area contributed by atoms with E-state index in [4.69, 9.17) is 4.98 Å². The summed E-state index contributed by atoms with van der Waals surface area (Å²) in [6, 6.07) is 5.55. The van der Waals surface area contributed by atoms with E-state index < -0.39 is 9.84 Å². The van der Waals surface area contributed by atoms with Crippen LogP contribution in [0.4, 0.5) is 0 Å². The van der Waals surface area contributed by atoms with Crippen LogP contribution in [-0.2, 0) is 21.8 Å². The average molecular weight is 462 g/mol. The summed E-state index contributed by atoms with van der Waals surface area (Å²) in [5, 5.41) is 3.30. The van der Waals surface area contributed by atoms with Crippen LogP contribution in [0.1, 0.15) is 52.3 Å². The molecule has 1 aliphatic carbocycles. The van der Waals surface area contributed by atoms with Gasteiger partial charge in [-0.3, -0.25) is 0 Å². The summed E-state index contributed by atoms with van der Waals surface area (Å²) in [5.74, 6) is 2.29. The Morgan fingerprint density at radius 1 is 1.07 bits per heavy atom. The number of halogens is 2. The molecule has 0 radical (unpaired) electrons. The summed E-state index contributed by atoms with van der Waals surface area (Å²) < 4.78 is 28.2. The minimum Gasteiger partial charge on any atom is -0.327 e. The van der Waals surface area contributed by atoms with Crippen LogP contribution in [-0.4, -0.2) is 36.8 Å². The number of imidazole rings is 1. The number of rotatable bonds is 5. The van der Waals surface area contributed by atoms with E-state index in [0.717, 1.165) is 55.3 Å². The van der Waals surface area contributed by atoms with Crippen LogP contribution in [0.25, 0.3) is 11.0 Å². The largest absolute Gasteiger partial charge is 0.327 e. The molecule has 0 unspecified atom stereocenters. The van der Waals surface area contributed by atoms with Gasteiger partial charge in [-0.25, -0.2) is 13.4 Å². The zero-order valence-corrected chi connectivity index (χ0v) is 19.9. The summed E-state index contributed by atoms with van der Waals surface area (Å²) in [5.41, 5.74) is 1.81. The number of nitrogens with one attached hydrogen (secondary N) is 1. The van der Waals surface area contributed by atoms with E-state index in [0.29, 0.717) is 4.90 Å². The Kier molecular flexibility index (Phi) is 7.69. The standard InChI is InChI=1S/C21H31N3O2S.2ClH/c1-21(2,3)20-23-18-12-17(6-7-19(18)24(20)13-15-4-5-15)27(25,26)14-16-8-10-22-11-9-16;;/h6-7,12,15-16,22H,4-5,8-11,13-14H2,1-3H3;2*1H. The summed E-state index contributed by atoms with van der Waals surface area (Å²) in [4.78, 5) is 5.30. The third-order valence-electron chi connectivity index (χ3n) is 5.80. The summed E-state index contributed by atoms with van der Waals surface area (Å²) in [7, 11) is -3.28. The lowest BCUT2D eigenvalue weighted by atomic mass is 9.95. The van der Waals surface area contributed by atoms with Crippen molar-refractivity contribution in [2.24, 2.45) is 11.8 Å². The first kappa shape index (κ1) is 24.4. The molecule has 1 aromatic carbocycles. The topological polar surface area (TPSA) is 64.0 Å². The average Bonchev–Trinajstić information content (AvgIpc) is 3.34. The number of benzene rings is 1. The highest BCUT2D eigenvalue weighted by atomic mass is 35.5. The molecule has 0 amide bonds. The second kappa shape index (κ2) is 9.13. The molecule has 1 N–H and O–H groups in total. The molecule has 2 fully saturated rings. The molecule has 1 aromatic heterocycles. The smallest absolute Gasteiger partial charge is 0.178 e. The molecule has 1 saturated heterocycles. The van der Waals surface area contributed by atoms with Crippen molar-refractivity contribution in [3.63, 3.8) is 0 Å². The fourth-order valence-corrected chi connectivity index (χ4v) is 5.79. The Labute approximate surface area is 186 Å². The summed E-state index contributed by atoms with van der Waals surface area (Å²) in [6.07, 6.45) is 4.44. The van der Waals surface area contributed by atoms with E-state index in [1.807, 2.05) is 6.07 Å². The maximum atomic E-state index is 13.0. The van der Waals surface area contributed by atoms with E-state index in [9.17, 15) is 8.42 Å². The molecular weight excluding hydrogens is 429 g/mol. The molecule has 29 heavy (non-hydrogen) atoms. The van der Waals surface area contributed by atoms with Gasteiger partial charge in [0.1, 0.15) is 5.82 Å². The van der Waals surface area contributed by atoms with Gasteiger partial charge in [0.05, 0.1) is 21.7 Å². The maximum absolute atomic E-state index is 13.0. The predicted molar refractivity (Wildman–Crippen MR) is 123 cm³/mol. The van der Waals surface area contributed by atoms with Crippen molar-refractivity contribution < 1.29 is 8.42 Å². The number of fused-ring (bicyclic) bond motifs is 1. The molecule has 1 saturated carbocycles. The highest BCUT2D eigenvalue weighted by Crippen LogP contribution is 2.35. The molecule has 4 rings (SSSR count). The van der Waals surface area contributed by atoms with Crippen LogP contribution in [0.15, 0.2) is 23.1 Å². The zero-order valence-electron chi connectivity index (χ0n) is 17.5. The minimum atomic E-state index is -3.28. The van der Waals surface area contributed by atoms with Crippen molar-refractivity contribution in [1.82, 2.24) is 14.9 Å². The normalized spacial score (nSPS) is 18.3. The Hall–Kier alpha value is -0.820. The molecule has 2 aromatic rings. The van der Waals surface area contributed by atoms with Gasteiger partial charge in [-0.15, -0.1) is 24.8 Å². The molecular formula is C21H33Cl2N3O2S. The summed E-state index contributed by atoms with van der Waals surface area (Å²) in [6.45, 7) is 9.34. The lowest BCUT2D eigenvalue weighted by Crippen LogP contribution is -2.31. The maximum Gasteiger partial charge on any atom is 0.178 e. The molecule has 164 valence electrons. The molecule has 1 aliphatic heterocycles. The number of aromatic nitrogens is 2. The van der Waals surface area contributed by atoms with Crippen LogP contribution in [0.3, 0.4) is 0 Å². The van der Waals surface area contributed by atoms with E-state index in [1.54, 1.807) is 12.1 Å². The van der Waals surface area contributed by atoms with Crippen LogP contribution in [0, 0.1) is 11.8 Å². The number of piperidine rings is 1. The second-order valence-electron chi connectivity index (χ2n) is 9.36. The number of hydrogen-bond acceptors (Lipinski definition) is 4. The van der Waals surface area contributed by atoms with Crippen molar-refractivity contribution in [2.45, 2.75) is 63.3 Å². The third-order valence-corrected chi connectivity index (χ3v) is 7.68. The quantitative estimate of drug-likeness (QED) is 0.717. The van der Waals surface area contributed by atoms with Gasteiger partial charge in [-0.1, -0.05) is 20.8 Å². The van der Waals surface area contributed by atoms with E-state index >= 15 is 0 Å². The molecule has 8 heteroatoms. The van der Waals surface area contributed by atoms with Crippen molar-refractivity contribution in [2.75, 3.05) is 18.8 Å². The minimum absolute atomic E-state index is 0. The fraction of sp³-hybridized carbons (Fsp3) is 0.667. The first-order valence-corrected chi connectivity index (χ1v) is 11.8.